The summed E-state index contributed by atoms with van der Waals surface area (Å²) in [5.41, 5.74) is 3.39. The van der Waals surface area contributed by atoms with Crippen LogP contribution < -0.4 is 10.6 Å². The van der Waals surface area contributed by atoms with Crippen molar-refractivity contribution in [3.63, 3.8) is 0 Å². The zero-order chi connectivity index (χ0) is 18.1. The summed E-state index contributed by atoms with van der Waals surface area (Å²) in [5.74, 6) is -0.712. The second-order valence-corrected chi connectivity index (χ2v) is 6.23. The molecular formula is C17H16N6O3. The zero-order valence-corrected chi connectivity index (χ0v) is 13.8. The van der Waals surface area contributed by atoms with Crippen LogP contribution in [0.4, 0.5) is 4.79 Å². The summed E-state index contributed by atoms with van der Waals surface area (Å²) in [7, 11) is 0. The normalized spacial score (nSPS) is 19.4. The smallest absolute Gasteiger partial charge is 0.322 e. The number of pyridine rings is 1. The lowest BCUT2D eigenvalue weighted by Crippen LogP contribution is -2.58. The van der Waals surface area contributed by atoms with Crippen molar-refractivity contribution in [2.24, 2.45) is 0 Å². The minimum Gasteiger partial charge on any atom is -0.336 e. The summed E-state index contributed by atoms with van der Waals surface area (Å²) in [6, 6.07) is 4.15. The van der Waals surface area contributed by atoms with Crippen LogP contribution in [0.25, 0.3) is 11.3 Å². The fourth-order valence-electron chi connectivity index (χ4n) is 3.16. The molecule has 26 heavy (non-hydrogen) atoms. The molecule has 2 aliphatic heterocycles. The van der Waals surface area contributed by atoms with Gasteiger partial charge in [-0.25, -0.2) is 4.79 Å². The Balaban J connectivity index is 1.54. The standard InChI is InChI=1S/C17H16N6O3/c24-15-8-14(19-17(26)20-15)16(25)23-6-3-12-11(9-23)7-13(22-21-12)10-1-4-18-5-2-10/h1-2,4-5,7,14H,3,6,8-9H2,(H2,19,20,24,26)/t14-/m0/s1. The third kappa shape index (κ3) is 3.10. The number of hydrogen-bond donors (Lipinski definition) is 2. The molecule has 0 saturated carbocycles. The van der Waals surface area contributed by atoms with Crippen molar-refractivity contribution in [3.05, 3.63) is 41.9 Å². The van der Waals surface area contributed by atoms with E-state index in [0.717, 1.165) is 16.8 Å². The van der Waals surface area contributed by atoms with E-state index in [2.05, 4.69) is 25.8 Å². The molecule has 1 saturated heterocycles. The van der Waals surface area contributed by atoms with Crippen molar-refractivity contribution in [3.8, 4) is 11.3 Å². The molecule has 0 aliphatic carbocycles. The van der Waals surface area contributed by atoms with Gasteiger partial charge in [0, 0.05) is 37.5 Å². The molecule has 1 fully saturated rings. The Hall–Kier alpha value is -3.36. The molecular weight excluding hydrogens is 336 g/mol. The van der Waals surface area contributed by atoms with Crippen molar-refractivity contribution in [2.75, 3.05) is 6.54 Å². The lowest BCUT2D eigenvalue weighted by molar-refractivity contribution is -0.137. The molecule has 4 amide bonds. The van der Waals surface area contributed by atoms with E-state index in [1.165, 1.54) is 0 Å². The minimum absolute atomic E-state index is 0.0508. The van der Waals surface area contributed by atoms with Gasteiger partial charge in [-0.1, -0.05) is 0 Å². The quantitative estimate of drug-likeness (QED) is 0.787. The van der Waals surface area contributed by atoms with E-state index in [0.29, 0.717) is 25.2 Å². The molecule has 2 aromatic heterocycles. The van der Waals surface area contributed by atoms with E-state index in [9.17, 15) is 14.4 Å². The lowest BCUT2D eigenvalue weighted by Gasteiger charge is -2.32. The predicted molar refractivity (Wildman–Crippen MR) is 89.5 cm³/mol. The molecule has 0 bridgehead atoms. The first-order valence-corrected chi connectivity index (χ1v) is 8.25. The number of carbonyl (C=O) groups excluding carboxylic acids is 3. The Kier molecular flexibility index (Phi) is 4.04. The van der Waals surface area contributed by atoms with E-state index < -0.39 is 18.0 Å². The van der Waals surface area contributed by atoms with E-state index in [1.54, 1.807) is 17.3 Å². The molecule has 0 aromatic carbocycles. The molecule has 0 radical (unpaired) electrons. The number of aromatic nitrogens is 3. The van der Waals surface area contributed by atoms with Gasteiger partial charge in [-0.15, -0.1) is 0 Å². The number of amides is 4. The highest BCUT2D eigenvalue weighted by molar-refractivity contribution is 6.02. The van der Waals surface area contributed by atoms with Gasteiger partial charge in [-0.3, -0.25) is 19.9 Å². The number of nitrogens with one attached hydrogen (secondary N) is 2. The second-order valence-electron chi connectivity index (χ2n) is 6.23. The Morgan fingerprint density at radius 3 is 2.77 bits per heavy atom. The number of urea groups is 1. The molecule has 1 atom stereocenters. The van der Waals surface area contributed by atoms with E-state index in [-0.39, 0.29) is 12.3 Å². The van der Waals surface area contributed by atoms with Gasteiger partial charge < -0.3 is 10.2 Å². The fourth-order valence-corrected chi connectivity index (χ4v) is 3.16. The number of fused-ring (bicyclic) bond motifs is 1. The molecule has 2 aromatic rings. The van der Waals surface area contributed by atoms with Crippen molar-refractivity contribution in [1.82, 2.24) is 30.7 Å². The van der Waals surface area contributed by atoms with Crippen LogP contribution in [0.15, 0.2) is 30.6 Å². The van der Waals surface area contributed by atoms with Gasteiger partial charge in [-0.2, -0.15) is 10.2 Å². The highest BCUT2D eigenvalue weighted by Crippen LogP contribution is 2.23. The Labute approximate surface area is 148 Å². The average molecular weight is 352 g/mol. The monoisotopic (exact) mass is 352 g/mol. The van der Waals surface area contributed by atoms with Gasteiger partial charge in [0.15, 0.2) is 0 Å². The summed E-state index contributed by atoms with van der Waals surface area (Å²) >= 11 is 0. The Morgan fingerprint density at radius 2 is 2.00 bits per heavy atom. The maximum Gasteiger partial charge on any atom is 0.322 e. The van der Waals surface area contributed by atoms with Gasteiger partial charge in [-0.05, 0) is 23.8 Å². The van der Waals surface area contributed by atoms with Gasteiger partial charge in [0.1, 0.15) is 6.04 Å². The van der Waals surface area contributed by atoms with E-state index in [1.807, 2.05) is 18.2 Å². The molecule has 4 heterocycles. The fraction of sp³-hybridized carbons (Fsp3) is 0.294. The van der Waals surface area contributed by atoms with Crippen molar-refractivity contribution in [2.45, 2.75) is 25.4 Å². The molecule has 9 heteroatoms. The second kappa shape index (κ2) is 6.51. The first-order valence-electron chi connectivity index (χ1n) is 8.25. The lowest BCUT2D eigenvalue weighted by atomic mass is 10.0. The van der Waals surface area contributed by atoms with E-state index >= 15 is 0 Å². The largest absolute Gasteiger partial charge is 0.336 e. The molecule has 0 unspecified atom stereocenters. The van der Waals surface area contributed by atoms with Gasteiger partial charge in [0.25, 0.3) is 0 Å². The third-order valence-corrected chi connectivity index (χ3v) is 4.47. The number of nitrogens with zero attached hydrogens (tertiary/aromatic N) is 4. The summed E-state index contributed by atoms with van der Waals surface area (Å²) < 4.78 is 0. The van der Waals surface area contributed by atoms with Gasteiger partial charge >= 0.3 is 6.03 Å². The van der Waals surface area contributed by atoms with Crippen LogP contribution in [0.1, 0.15) is 17.7 Å². The van der Waals surface area contributed by atoms with Gasteiger partial charge in [0.05, 0.1) is 17.8 Å². The molecule has 0 spiro atoms. The molecule has 4 rings (SSSR count). The van der Waals surface area contributed by atoms with Crippen LogP contribution in [0.3, 0.4) is 0 Å². The van der Waals surface area contributed by atoms with Crippen molar-refractivity contribution < 1.29 is 14.4 Å². The van der Waals surface area contributed by atoms with Crippen LogP contribution in [-0.2, 0) is 22.6 Å². The van der Waals surface area contributed by atoms with Crippen molar-refractivity contribution >= 4 is 17.8 Å². The summed E-state index contributed by atoms with van der Waals surface area (Å²) in [5, 5.41) is 13.2. The molecule has 132 valence electrons. The highest BCUT2D eigenvalue weighted by Gasteiger charge is 2.34. The SMILES string of the molecule is O=C1C[C@@H](C(=O)N2CCc3nnc(-c4ccncc4)cc3C2)NC(=O)N1. The molecule has 9 nitrogen and oxygen atoms in total. The minimum atomic E-state index is -0.827. The van der Waals surface area contributed by atoms with E-state index in [4.69, 9.17) is 0 Å². The number of hydrogen-bond acceptors (Lipinski definition) is 6. The highest BCUT2D eigenvalue weighted by atomic mass is 16.2. The van der Waals surface area contributed by atoms with Crippen LogP contribution in [0, 0.1) is 0 Å². The van der Waals surface area contributed by atoms with Crippen LogP contribution in [0.5, 0.6) is 0 Å². The van der Waals surface area contributed by atoms with Crippen LogP contribution in [-0.4, -0.2) is 50.5 Å². The maximum atomic E-state index is 12.7. The topological polar surface area (TPSA) is 117 Å². The Morgan fingerprint density at radius 1 is 1.19 bits per heavy atom. The van der Waals surface area contributed by atoms with Crippen LogP contribution in [0.2, 0.25) is 0 Å². The third-order valence-electron chi connectivity index (χ3n) is 4.47. The zero-order valence-electron chi connectivity index (χ0n) is 13.8. The summed E-state index contributed by atoms with van der Waals surface area (Å²) in [4.78, 5) is 41.3. The first-order chi connectivity index (χ1) is 12.6. The summed E-state index contributed by atoms with van der Waals surface area (Å²) in [6.45, 7) is 0.846. The number of rotatable bonds is 2. The number of carbonyl (C=O) groups is 3. The average Bonchev–Trinajstić information content (AvgIpc) is 2.66. The van der Waals surface area contributed by atoms with Gasteiger partial charge in [0.2, 0.25) is 11.8 Å². The first kappa shape index (κ1) is 16.1. The Bertz CT molecular complexity index is 869. The van der Waals surface area contributed by atoms with Crippen LogP contribution >= 0.6 is 0 Å². The predicted octanol–water partition coefficient (Wildman–Crippen LogP) is 0.0214. The molecule has 2 N–H and O–H groups in total. The summed E-state index contributed by atoms with van der Waals surface area (Å²) in [6.07, 6.45) is 3.90. The molecule has 2 aliphatic rings. The van der Waals surface area contributed by atoms with Crippen molar-refractivity contribution in [1.29, 1.82) is 0 Å². The number of imide groups is 1. The maximum absolute atomic E-state index is 12.7.